The van der Waals surface area contributed by atoms with Gasteiger partial charge in [0.1, 0.15) is 0 Å². The van der Waals surface area contributed by atoms with Crippen LogP contribution in [0.4, 0.5) is 0 Å². The average Bonchev–Trinajstić information content (AvgIpc) is 2.16. The molecule has 0 aliphatic heterocycles. The van der Waals surface area contributed by atoms with Crippen molar-refractivity contribution in [2.45, 2.75) is 0 Å². The smallest absolute Gasteiger partial charge is 0.150 e. The van der Waals surface area contributed by atoms with Gasteiger partial charge in [-0.3, -0.25) is 4.79 Å². The Labute approximate surface area is 82.2 Å². The van der Waals surface area contributed by atoms with Gasteiger partial charge in [-0.2, -0.15) is 0 Å². The minimum Gasteiger partial charge on any atom is -0.394 e. The lowest BCUT2D eigenvalue weighted by Crippen LogP contribution is -1.92. The molecule has 0 amide bonds. The van der Waals surface area contributed by atoms with Crippen molar-refractivity contribution in [1.82, 2.24) is 5.32 Å². The molecule has 0 fully saturated rings. The standard InChI is InChI=1S/C10H10ClNO/c1-12-5-4-8-2-3-10(11)6-9(8)7-13/h2-7,12H,1H3/b5-4-. The molecule has 3 heteroatoms. The van der Waals surface area contributed by atoms with Gasteiger partial charge in [0.15, 0.2) is 6.29 Å². The highest BCUT2D eigenvalue weighted by atomic mass is 35.5. The first-order chi connectivity index (χ1) is 6.27. The second kappa shape index (κ2) is 4.67. The second-order valence-corrected chi connectivity index (χ2v) is 2.95. The number of halogens is 1. The molecule has 13 heavy (non-hydrogen) atoms. The van der Waals surface area contributed by atoms with E-state index < -0.39 is 0 Å². The summed E-state index contributed by atoms with van der Waals surface area (Å²) in [5, 5.41) is 3.43. The quantitative estimate of drug-likeness (QED) is 0.751. The van der Waals surface area contributed by atoms with Crippen molar-refractivity contribution >= 4 is 24.0 Å². The Morgan fingerprint density at radius 1 is 1.38 bits per heavy atom. The van der Waals surface area contributed by atoms with Gasteiger partial charge in [0.25, 0.3) is 0 Å². The fourth-order valence-electron chi connectivity index (χ4n) is 0.973. The summed E-state index contributed by atoms with van der Waals surface area (Å²) in [5.41, 5.74) is 1.45. The number of rotatable bonds is 3. The van der Waals surface area contributed by atoms with Gasteiger partial charge in [0, 0.05) is 17.6 Å². The molecule has 0 bridgehead atoms. The zero-order chi connectivity index (χ0) is 9.68. The molecule has 0 heterocycles. The number of carbonyl (C=O) groups is 1. The van der Waals surface area contributed by atoms with Crippen LogP contribution in [0.1, 0.15) is 15.9 Å². The van der Waals surface area contributed by atoms with Crippen LogP contribution in [0.15, 0.2) is 24.4 Å². The Balaban J connectivity index is 3.06. The summed E-state index contributed by atoms with van der Waals surface area (Å²) in [5.74, 6) is 0. The van der Waals surface area contributed by atoms with Crippen molar-refractivity contribution in [3.05, 3.63) is 40.5 Å². The normalized spacial score (nSPS) is 10.3. The first-order valence-electron chi connectivity index (χ1n) is 3.86. The first-order valence-corrected chi connectivity index (χ1v) is 4.24. The maximum absolute atomic E-state index is 10.6. The topological polar surface area (TPSA) is 29.1 Å². The van der Waals surface area contributed by atoms with Crippen molar-refractivity contribution in [3.8, 4) is 0 Å². The van der Waals surface area contributed by atoms with E-state index >= 15 is 0 Å². The molecular formula is C10H10ClNO. The lowest BCUT2D eigenvalue weighted by atomic mass is 10.1. The van der Waals surface area contributed by atoms with Crippen LogP contribution in [0.2, 0.25) is 5.02 Å². The molecule has 0 saturated heterocycles. The van der Waals surface area contributed by atoms with E-state index in [0.717, 1.165) is 11.8 Å². The van der Waals surface area contributed by atoms with Crippen molar-refractivity contribution in [2.75, 3.05) is 7.05 Å². The van der Waals surface area contributed by atoms with E-state index in [1.807, 2.05) is 6.08 Å². The van der Waals surface area contributed by atoms with Gasteiger partial charge in [-0.1, -0.05) is 17.7 Å². The molecular weight excluding hydrogens is 186 g/mol. The minimum atomic E-state index is 0.573. The van der Waals surface area contributed by atoms with E-state index in [2.05, 4.69) is 5.32 Å². The van der Waals surface area contributed by atoms with Crippen molar-refractivity contribution < 1.29 is 4.79 Å². The summed E-state index contributed by atoms with van der Waals surface area (Å²) in [6.45, 7) is 0. The molecule has 0 saturated carbocycles. The lowest BCUT2D eigenvalue weighted by Gasteiger charge is -1.98. The molecule has 1 N–H and O–H groups in total. The maximum atomic E-state index is 10.6. The maximum Gasteiger partial charge on any atom is 0.150 e. The van der Waals surface area contributed by atoms with E-state index in [0.29, 0.717) is 10.6 Å². The largest absolute Gasteiger partial charge is 0.394 e. The predicted octanol–water partition coefficient (Wildman–Crippen LogP) is 2.34. The number of nitrogens with one attached hydrogen (secondary N) is 1. The zero-order valence-electron chi connectivity index (χ0n) is 7.25. The molecule has 1 aromatic carbocycles. The number of carbonyl (C=O) groups excluding carboxylic acids is 1. The van der Waals surface area contributed by atoms with Gasteiger partial charge in [-0.05, 0) is 30.0 Å². The molecule has 0 aliphatic carbocycles. The molecule has 1 aromatic rings. The van der Waals surface area contributed by atoms with Crippen LogP contribution >= 0.6 is 11.6 Å². The Morgan fingerprint density at radius 2 is 2.15 bits per heavy atom. The Morgan fingerprint density at radius 3 is 2.77 bits per heavy atom. The van der Waals surface area contributed by atoms with Crippen LogP contribution in [0.3, 0.4) is 0 Å². The van der Waals surface area contributed by atoms with Gasteiger partial charge in [-0.25, -0.2) is 0 Å². The summed E-state index contributed by atoms with van der Waals surface area (Å²) < 4.78 is 0. The third-order valence-corrected chi connectivity index (χ3v) is 1.84. The molecule has 0 aliphatic rings. The molecule has 2 nitrogen and oxygen atoms in total. The SMILES string of the molecule is CN/C=C\c1ccc(Cl)cc1C=O. The highest BCUT2D eigenvalue weighted by molar-refractivity contribution is 6.30. The Bertz CT molecular complexity index is 334. The summed E-state index contributed by atoms with van der Waals surface area (Å²) >= 11 is 5.73. The van der Waals surface area contributed by atoms with Gasteiger partial charge in [0.05, 0.1) is 0 Å². The van der Waals surface area contributed by atoms with Crippen LogP contribution in [-0.4, -0.2) is 13.3 Å². The van der Waals surface area contributed by atoms with E-state index in [1.54, 1.807) is 31.4 Å². The van der Waals surface area contributed by atoms with Gasteiger partial charge in [0.2, 0.25) is 0 Å². The number of hydrogen-bond donors (Lipinski definition) is 1. The zero-order valence-corrected chi connectivity index (χ0v) is 8.01. The van der Waals surface area contributed by atoms with E-state index in [-0.39, 0.29) is 0 Å². The highest BCUT2D eigenvalue weighted by Gasteiger charge is 1.98. The number of aldehydes is 1. The van der Waals surface area contributed by atoms with Crippen LogP contribution in [-0.2, 0) is 0 Å². The summed E-state index contributed by atoms with van der Waals surface area (Å²) in [4.78, 5) is 10.6. The van der Waals surface area contributed by atoms with E-state index in [1.165, 1.54) is 0 Å². The van der Waals surface area contributed by atoms with Crippen LogP contribution < -0.4 is 5.32 Å². The van der Waals surface area contributed by atoms with Gasteiger partial charge >= 0.3 is 0 Å². The third kappa shape index (κ3) is 2.60. The lowest BCUT2D eigenvalue weighted by molar-refractivity contribution is 0.112. The fraction of sp³-hybridized carbons (Fsp3) is 0.100. The molecule has 0 spiro atoms. The number of benzene rings is 1. The highest BCUT2D eigenvalue weighted by Crippen LogP contribution is 2.15. The molecule has 0 aromatic heterocycles. The second-order valence-electron chi connectivity index (χ2n) is 2.51. The van der Waals surface area contributed by atoms with Crippen LogP contribution in [0.25, 0.3) is 6.08 Å². The van der Waals surface area contributed by atoms with Crippen LogP contribution in [0.5, 0.6) is 0 Å². The van der Waals surface area contributed by atoms with Crippen molar-refractivity contribution in [1.29, 1.82) is 0 Å². The summed E-state index contributed by atoms with van der Waals surface area (Å²) in [7, 11) is 1.80. The van der Waals surface area contributed by atoms with E-state index in [4.69, 9.17) is 11.6 Å². The van der Waals surface area contributed by atoms with Gasteiger partial charge < -0.3 is 5.32 Å². The number of hydrogen-bond acceptors (Lipinski definition) is 2. The molecule has 0 unspecified atom stereocenters. The molecule has 0 radical (unpaired) electrons. The monoisotopic (exact) mass is 195 g/mol. The van der Waals surface area contributed by atoms with Gasteiger partial charge in [-0.15, -0.1) is 0 Å². The van der Waals surface area contributed by atoms with Crippen LogP contribution in [0, 0.1) is 0 Å². The minimum absolute atomic E-state index is 0.573. The fourth-order valence-corrected chi connectivity index (χ4v) is 1.15. The predicted molar refractivity (Wildman–Crippen MR) is 54.9 cm³/mol. The molecule has 1 rings (SSSR count). The van der Waals surface area contributed by atoms with Crippen molar-refractivity contribution in [2.24, 2.45) is 0 Å². The summed E-state index contributed by atoms with van der Waals surface area (Å²) in [6.07, 6.45) is 4.37. The molecule has 68 valence electrons. The Kier molecular flexibility index (Phi) is 3.53. The molecule has 0 atom stereocenters. The van der Waals surface area contributed by atoms with E-state index in [9.17, 15) is 4.79 Å². The summed E-state index contributed by atoms with van der Waals surface area (Å²) in [6, 6.07) is 5.20. The first kappa shape index (κ1) is 9.81. The average molecular weight is 196 g/mol. The van der Waals surface area contributed by atoms with Crippen molar-refractivity contribution in [3.63, 3.8) is 0 Å². The Hall–Kier alpha value is -1.28. The third-order valence-electron chi connectivity index (χ3n) is 1.61.